The van der Waals surface area contributed by atoms with Crippen LogP contribution in [0.25, 0.3) is 0 Å². The molecule has 0 radical (unpaired) electrons. The van der Waals surface area contributed by atoms with Crippen molar-refractivity contribution in [3.63, 3.8) is 0 Å². The number of benzene rings is 1. The molecule has 1 N–H and O–H groups in total. The van der Waals surface area contributed by atoms with Crippen LogP contribution in [0.2, 0.25) is 10.0 Å². The first kappa shape index (κ1) is 11.3. The Labute approximate surface area is 92.5 Å². The molecule has 0 unspecified atom stereocenters. The van der Waals surface area contributed by atoms with E-state index in [0.717, 1.165) is 0 Å². The molecule has 0 amide bonds. The minimum absolute atomic E-state index is 0.0261. The van der Waals surface area contributed by atoms with Gasteiger partial charge in [0.15, 0.2) is 5.78 Å². The van der Waals surface area contributed by atoms with E-state index < -0.39 is 0 Å². The second kappa shape index (κ2) is 4.20. The van der Waals surface area contributed by atoms with E-state index in [1.54, 1.807) is 13.8 Å². The monoisotopic (exact) mass is 232 g/mol. The Morgan fingerprint density at radius 2 is 1.86 bits per heavy atom. The van der Waals surface area contributed by atoms with Gasteiger partial charge in [-0.15, -0.1) is 0 Å². The molecule has 0 heterocycles. The highest BCUT2D eigenvalue weighted by atomic mass is 35.5. The molecule has 1 aromatic rings. The molecule has 0 aromatic heterocycles. The summed E-state index contributed by atoms with van der Waals surface area (Å²) in [4.78, 5) is 11.6. The lowest BCUT2D eigenvalue weighted by atomic mass is 10.0. The van der Waals surface area contributed by atoms with Crippen LogP contribution in [0.4, 0.5) is 0 Å². The maximum atomic E-state index is 11.6. The van der Waals surface area contributed by atoms with Crippen molar-refractivity contribution in [1.29, 1.82) is 0 Å². The van der Waals surface area contributed by atoms with Crippen molar-refractivity contribution in [3.8, 4) is 5.75 Å². The first-order chi connectivity index (χ1) is 6.45. The number of hydrogen-bond donors (Lipinski definition) is 1. The quantitative estimate of drug-likeness (QED) is 0.793. The maximum Gasteiger partial charge on any atom is 0.166 e. The second-order valence-electron chi connectivity index (χ2n) is 3.28. The Hall–Kier alpha value is -0.730. The van der Waals surface area contributed by atoms with Gasteiger partial charge in [0.1, 0.15) is 10.8 Å². The van der Waals surface area contributed by atoms with Crippen molar-refractivity contribution in [2.45, 2.75) is 13.8 Å². The summed E-state index contributed by atoms with van der Waals surface area (Å²) in [7, 11) is 0. The minimum atomic E-state index is -0.145. The summed E-state index contributed by atoms with van der Waals surface area (Å²) in [5.41, 5.74) is 0.351. The number of carbonyl (C=O) groups excluding carboxylic acids is 1. The number of hydrogen-bond acceptors (Lipinski definition) is 2. The molecule has 0 atom stereocenters. The fourth-order valence-corrected chi connectivity index (χ4v) is 1.46. The van der Waals surface area contributed by atoms with E-state index in [1.165, 1.54) is 12.1 Å². The molecule has 76 valence electrons. The predicted molar refractivity (Wildman–Crippen MR) is 57.3 cm³/mol. The zero-order valence-electron chi connectivity index (χ0n) is 7.84. The van der Waals surface area contributed by atoms with Gasteiger partial charge in [0.25, 0.3) is 0 Å². The minimum Gasteiger partial charge on any atom is -0.506 e. The third-order valence-electron chi connectivity index (χ3n) is 1.85. The van der Waals surface area contributed by atoms with E-state index in [4.69, 9.17) is 23.2 Å². The van der Waals surface area contributed by atoms with Crippen molar-refractivity contribution in [2.75, 3.05) is 0 Å². The summed E-state index contributed by atoms with van der Waals surface area (Å²) < 4.78 is 0. The molecule has 1 aromatic carbocycles. The van der Waals surface area contributed by atoms with Gasteiger partial charge >= 0.3 is 0 Å². The molecule has 1 rings (SSSR count). The van der Waals surface area contributed by atoms with Crippen LogP contribution in [0, 0.1) is 5.92 Å². The third kappa shape index (κ3) is 2.02. The first-order valence-electron chi connectivity index (χ1n) is 4.16. The topological polar surface area (TPSA) is 37.3 Å². The largest absolute Gasteiger partial charge is 0.506 e. The van der Waals surface area contributed by atoms with Gasteiger partial charge in [0.2, 0.25) is 0 Å². The lowest BCUT2D eigenvalue weighted by molar-refractivity contribution is 0.0939. The highest BCUT2D eigenvalue weighted by Gasteiger charge is 2.17. The number of halogens is 2. The molecule has 0 saturated carbocycles. The first-order valence-corrected chi connectivity index (χ1v) is 4.92. The number of phenolic OH excluding ortho intramolecular Hbond substituents is 1. The summed E-state index contributed by atoms with van der Waals surface area (Å²) >= 11 is 11.5. The zero-order chi connectivity index (χ0) is 10.9. The van der Waals surface area contributed by atoms with Gasteiger partial charge in [-0.2, -0.15) is 0 Å². The van der Waals surface area contributed by atoms with E-state index in [-0.39, 0.29) is 27.5 Å². The zero-order valence-corrected chi connectivity index (χ0v) is 9.36. The number of Topliss-reactive ketones (excluding diaryl/α,β-unsaturated/α-hetero) is 1. The standard InChI is InChI=1S/C10H10Cl2O2/c1-5(2)10(14)6-3-4-7(13)9(12)8(6)11/h3-5,13H,1-2H3. The van der Waals surface area contributed by atoms with Crippen LogP contribution >= 0.6 is 23.2 Å². The predicted octanol–water partition coefficient (Wildman–Crippen LogP) is 3.54. The molecule has 2 nitrogen and oxygen atoms in total. The van der Waals surface area contributed by atoms with E-state index in [1.807, 2.05) is 0 Å². The molecule has 0 spiro atoms. The summed E-state index contributed by atoms with van der Waals surface area (Å²) in [6, 6.07) is 2.84. The van der Waals surface area contributed by atoms with Crippen molar-refractivity contribution in [1.82, 2.24) is 0 Å². The average Bonchev–Trinajstić information content (AvgIpc) is 2.13. The smallest absolute Gasteiger partial charge is 0.166 e. The fourth-order valence-electron chi connectivity index (χ4n) is 1.04. The van der Waals surface area contributed by atoms with E-state index in [2.05, 4.69) is 0 Å². The van der Waals surface area contributed by atoms with Gasteiger partial charge in [-0.05, 0) is 12.1 Å². The summed E-state index contributed by atoms with van der Waals surface area (Å²) in [5.74, 6) is -0.345. The van der Waals surface area contributed by atoms with Crippen LogP contribution in [-0.2, 0) is 0 Å². The third-order valence-corrected chi connectivity index (χ3v) is 2.72. The highest BCUT2D eigenvalue weighted by molar-refractivity contribution is 6.44. The Kier molecular flexibility index (Phi) is 3.40. The molecule has 0 aliphatic rings. The van der Waals surface area contributed by atoms with Crippen molar-refractivity contribution < 1.29 is 9.90 Å². The molecule has 14 heavy (non-hydrogen) atoms. The van der Waals surface area contributed by atoms with Crippen LogP contribution in [-0.4, -0.2) is 10.9 Å². The second-order valence-corrected chi connectivity index (χ2v) is 4.04. The number of phenols is 1. The molecular weight excluding hydrogens is 223 g/mol. The summed E-state index contributed by atoms with van der Waals surface area (Å²) in [6.07, 6.45) is 0. The normalized spacial score (nSPS) is 10.6. The summed E-state index contributed by atoms with van der Waals surface area (Å²) in [5, 5.41) is 9.36. The number of aromatic hydroxyl groups is 1. The van der Waals surface area contributed by atoms with Crippen LogP contribution in [0.5, 0.6) is 5.75 Å². The van der Waals surface area contributed by atoms with Gasteiger partial charge in [-0.25, -0.2) is 0 Å². The van der Waals surface area contributed by atoms with Crippen molar-refractivity contribution >= 4 is 29.0 Å². The molecule has 0 aliphatic heterocycles. The summed E-state index contributed by atoms with van der Waals surface area (Å²) in [6.45, 7) is 3.55. The van der Waals surface area contributed by atoms with Gasteiger partial charge in [-0.1, -0.05) is 37.0 Å². The van der Waals surface area contributed by atoms with Crippen molar-refractivity contribution in [2.24, 2.45) is 5.92 Å². The van der Waals surface area contributed by atoms with E-state index in [9.17, 15) is 9.90 Å². The maximum absolute atomic E-state index is 11.6. The number of ketones is 1. The molecule has 0 saturated heterocycles. The Balaban J connectivity index is 3.24. The Morgan fingerprint density at radius 1 is 1.29 bits per heavy atom. The molecule has 0 bridgehead atoms. The number of carbonyl (C=O) groups is 1. The van der Waals surface area contributed by atoms with Crippen LogP contribution in [0.1, 0.15) is 24.2 Å². The van der Waals surface area contributed by atoms with Gasteiger partial charge in [0, 0.05) is 11.5 Å². The molecule has 4 heteroatoms. The van der Waals surface area contributed by atoms with E-state index >= 15 is 0 Å². The lowest BCUT2D eigenvalue weighted by Crippen LogP contribution is -2.08. The average molecular weight is 233 g/mol. The lowest BCUT2D eigenvalue weighted by Gasteiger charge is -2.08. The Morgan fingerprint density at radius 3 is 2.36 bits per heavy atom. The highest BCUT2D eigenvalue weighted by Crippen LogP contribution is 2.34. The Bertz CT molecular complexity index is 373. The number of rotatable bonds is 2. The molecule has 0 fully saturated rings. The van der Waals surface area contributed by atoms with Gasteiger partial charge < -0.3 is 5.11 Å². The molecule has 0 aliphatic carbocycles. The van der Waals surface area contributed by atoms with Crippen LogP contribution in [0.3, 0.4) is 0 Å². The van der Waals surface area contributed by atoms with Crippen LogP contribution < -0.4 is 0 Å². The fraction of sp³-hybridized carbons (Fsp3) is 0.300. The van der Waals surface area contributed by atoms with E-state index in [0.29, 0.717) is 5.56 Å². The van der Waals surface area contributed by atoms with Crippen LogP contribution in [0.15, 0.2) is 12.1 Å². The van der Waals surface area contributed by atoms with Gasteiger partial charge in [-0.3, -0.25) is 4.79 Å². The SMILES string of the molecule is CC(C)C(=O)c1ccc(O)c(Cl)c1Cl. The van der Waals surface area contributed by atoms with Crippen molar-refractivity contribution in [3.05, 3.63) is 27.7 Å². The molecular formula is C10H10Cl2O2. The van der Waals surface area contributed by atoms with Gasteiger partial charge in [0.05, 0.1) is 5.02 Å².